The predicted octanol–water partition coefficient (Wildman–Crippen LogP) is 1.14. The average molecular weight is 245 g/mol. The van der Waals surface area contributed by atoms with Crippen LogP contribution < -0.4 is 0 Å². The monoisotopic (exact) mass is 245 g/mol. The van der Waals surface area contributed by atoms with Crippen molar-refractivity contribution in [1.29, 1.82) is 0 Å². The molecule has 0 aliphatic carbocycles. The van der Waals surface area contributed by atoms with E-state index in [0.717, 1.165) is 0 Å². The van der Waals surface area contributed by atoms with Crippen molar-refractivity contribution >= 4 is 12.1 Å². The van der Waals surface area contributed by atoms with Gasteiger partial charge >= 0.3 is 12.1 Å². The van der Waals surface area contributed by atoms with E-state index < -0.39 is 23.3 Å². The molecule has 1 rings (SSSR count). The van der Waals surface area contributed by atoms with E-state index in [1.807, 2.05) is 0 Å². The molecular formula is C11H19NO5. The summed E-state index contributed by atoms with van der Waals surface area (Å²) in [6.45, 7) is 7.09. The molecule has 1 atom stereocenters. The summed E-state index contributed by atoms with van der Waals surface area (Å²) in [6.07, 6.45) is -0.495. The Bertz CT molecular complexity index is 322. The van der Waals surface area contributed by atoms with Crippen molar-refractivity contribution < 1.29 is 23.8 Å². The highest BCUT2D eigenvalue weighted by Gasteiger charge is 2.45. The molecule has 1 aliphatic heterocycles. The highest BCUT2D eigenvalue weighted by Crippen LogP contribution is 2.23. The third kappa shape index (κ3) is 3.33. The Hall–Kier alpha value is -1.30. The number of ether oxygens (including phenoxy) is 3. The molecule has 1 saturated heterocycles. The fraction of sp³-hybridized carbons (Fsp3) is 0.818. The summed E-state index contributed by atoms with van der Waals surface area (Å²) < 4.78 is 15.1. The van der Waals surface area contributed by atoms with E-state index in [-0.39, 0.29) is 13.3 Å². The Balaban J connectivity index is 2.62. The lowest BCUT2D eigenvalue weighted by Gasteiger charge is -2.24. The van der Waals surface area contributed by atoms with E-state index in [2.05, 4.69) is 4.74 Å². The number of methoxy groups -OCH3 is 1. The van der Waals surface area contributed by atoms with Gasteiger partial charge in [0.1, 0.15) is 12.3 Å². The van der Waals surface area contributed by atoms with Crippen LogP contribution in [0.4, 0.5) is 4.79 Å². The zero-order valence-electron chi connectivity index (χ0n) is 10.9. The summed E-state index contributed by atoms with van der Waals surface area (Å²) in [5.41, 5.74) is -1.67. The SMILES string of the molecule is COC(=O)C1(C)CN(C(=O)OC(C)(C)C)CO1. The van der Waals surface area contributed by atoms with Crippen LogP contribution in [0.2, 0.25) is 0 Å². The van der Waals surface area contributed by atoms with Gasteiger partial charge in [-0.05, 0) is 27.7 Å². The highest BCUT2D eigenvalue weighted by molar-refractivity contribution is 5.81. The Morgan fingerprint density at radius 2 is 1.94 bits per heavy atom. The predicted molar refractivity (Wildman–Crippen MR) is 59.3 cm³/mol. The quantitative estimate of drug-likeness (QED) is 0.648. The van der Waals surface area contributed by atoms with Crippen molar-refractivity contribution in [3.63, 3.8) is 0 Å². The molecule has 0 N–H and O–H groups in total. The number of hydrogen-bond acceptors (Lipinski definition) is 5. The number of carbonyl (C=O) groups is 2. The first-order valence-corrected chi connectivity index (χ1v) is 5.38. The largest absolute Gasteiger partial charge is 0.467 e. The van der Waals surface area contributed by atoms with E-state index in [9.17, 15) is 9.59 Å². The van der Waals surface area contributed by atoms with Crippen LogP contribution in [0.5, 0.6) is 0 Å². The van der Waals surface area contributed by atoms with Crippen LogP contribution in [-0.4, -0.2) is 48.5 Å². The van der Waals surface area contributed by atoms with E-state index in [1.165, 1.54) is 12.0 Å². The molecule has 1 fully saturated rings. The van der Waals surface area contributed by atoms with Crippen molar-refractivity contribution in [1.82, 2.24) is 4.90 Å². The molecule has 0 aromatic heterocycles. The first-order chi connectivity index (χ1) is 7.68. The lowest BCUT2D eigenvalue weighted by Crippen LogP contribution is -2.43. The molecule has 6 heteroatoms. The van der Waals surface area contributed by atoms with Gasteiger partial charge in [0.25, 0.3) is 0 Å². The van der Waals surface area contributed by atoms with E-state index >= 15 is 0 Å². The fourth-order valence-corrected chi connectivity index (χ4v) is 1.46. The van der Waals surface area contributed by atoms with Crippen LogP contribution in [-0.2, 0) is 19.0 Å². The maximum Gasteiger partial charge on any atom is 0.412 e. The molecule has 1 aliphatic rings. The molecule has 1 unspecified atom stereocenters. The number of nitrogens with zero attached hydrogens (tertiary/aromatic N) is 1. The number of carbonyl (C=O) groups excluding carboxylic acids is 2. The molecule has 0 saturated carbocycles. The number of amides is 1. The van der Waals surface area contributed by atoms with E-state index in [0.29, 0.717) is 0 Å². The third-order valence-electron chi connectivity index (χ3n) is 2.30. The summed E-state index contributed by atoms with van der Waals surface area (Å²) in [5.74, 6) is -0.497. The summed E-state index contributed by atoms with van der Waals surface area (Å²) in [5, 5.41) is 0. The molecule has 0 spiro atoms. The zero-order chi connectivity index (χ0) is 13.3. The van der Waals surface area contributed by atoms with Gasteiger partial charge in [0.05, 0.1) is 13.7 Å². The summed E-state index contributed by atoms with van der Waals surface area (Å²) in [6, 6.07) is 0. The Morgan fingerprint density at radius 3 is 2.41 bits per heavy atom. The minimum atomic E-state index is -1.11. The minimum absolute atomic E-state index is 0.0283. The molecule has 0 bridgehead atoms. The van der Waals surface area contributed by atoms with Crippen LogP contribution in [0, 0.1) is 0 Å². The van der Waals surface area contributed by atoms with Crippen LogP contribution in [0.25, 0.3) is 0 Å². The van der Waals surface area contributed by atoms with Crippen molar-refractivity contribution in [2.75, 3.05) is 20.4 Å². The number of hydrogen-bond donors (Lipinski definition) is 0. The zero-order valence-corrected chi connectivity index (χ0v) is 10.9. The van der Waals surface area contributed by atoms with Gasteiger partial charge in [-0.2, -0.15) is 0 Å². The maximum absolute atomic E-state index is 11.7. The summed E-state index contributed by atoms with van der Waals surface area (Å²) in [4.78, 5) is 24.5. The first-order valence-electron chi connectivity index (χ1n) is 5.38. The second-order valence-corrected chi connectivity index (χ2v) is 5.17. The molecular weight excluding hydrogens is 226 g/mol. The lowest BCUT2D eigenvalue weighted by atomic mass is 10.1. The molecule has 1 heterocycles. The normalized spacial score (nSPS) is 24.6. The second kappa shape index (κ2) is 4.52. The van der Waals surface area contributed by atoms with Crippen LogP contribution >= 0.6 is 0 Å². The van der Waals surface area contributed by atoms with Gasteiger partial charge in [0, 0.05) is 0 Å². The third-order valence-corrected chi connectivity index (χ3v) is 2.30. The van der Waals surface area contributed by atoms with Crippen LogP contribution in [0.1, 0.15) is 27.7 Å². The molecule has 1 amide bonds. The highest BCUT2D eigenvalue weighted by atomic mass is 16.6. The van der Waals surface area contributed by atoms with Crippen molar-refractivity contribution in [3.05, 3.63) is 0 Å². The summed E-state index contributed by atoms with van der Waals surface area (Å²) >= 11 is 0. The maximum atomic E-state index is 11.7. The molecule has 17 heavy (non-hydrogen) atoms. The van der Waals surface area contributed by atoms with Crippen molar-refractivity contribution in [2.24, 2.45) is 0 Å². The second-order valence-electron chi connectivity index (χ2n) is 5.17. The van der Waals surface area contributed by atoms with Gasteiger partial charge < -0.3 is 14.2 Å². The fourth-order valence-electron chi connectivity index (χ4n) is 1.46. The van der Waals surface area contributed by atoms with Gasteiger partial charge in [-0.1, -0.05) is 0 Å². The number of esters is 1. The Labute approximate surface area is 101 Å². The van der Waals surface area contributed by atoms with E-state index in [4.69, 9.17) is 9.47 Å². The van der Waals surface area contributed by atoms with Crippen molar-refractivity contribution in [3.8, 4) is 0 Å². The lowest BCUT2D eigenvalue weighted by molar-refractivity contribution is -0.160. The topological polar surface area (TPSA) is 65.1 Å². The van der Waals surface area contributed by atoms with Gasteiger partial charge in [-0.15, -0.1) is 0 Å². The van der Waals surface area contributed by atoms with Crippen LogP contribution in [0.15, 0.2) is 0 Å². The van der Waals surface area contributed by atoms with Crippen LogP contribution in [0.3, 0.4) is 0 Å². The minimum Gasteiger partial charge on any atom is -0.467 e. The van der Waals surface area contributed by atoms with Gasteiger partial charge in [0.2, 0.25) is 0 Å². The molecule has 0 aromatic rings. The first kappa shape index (κ1) is 13.8. The smallest absolute Gasteiger partial charge is 0.412 e. The number of rotatable bonds is 1. The van der Waals surface area contributed by atoms with E-state index in [1.54, 1.807) is 27.7 Å². The van der Waals surface area contributed by atoms with Gasteiger partial charge in [-0.25, -0.2) is 9.59 Å². The van der Waals surface area contributed by atoms with Crippen molar-refractivity contribution in [2.45, 2.75) is 38.9 Å². The molecule has 0 aromatic carbocycles. The average Bonchev–Trinajstić information content (AvgIpc) is 2.58. The van der Waals surface area contributed by atoms with Gasteiger partial charge in [0.15, 0.2) is 5.60 Å². The standard InChI is InChI=1S/C11H19NO5/c1-10(2,3)17-9(14)12-6-11(4,16-7-12)8(13)15-5/h6-7H2,1-5H3. The molecule has 6 nitrogen and oxygen atoms in total. The Kier molecular flexibility index (Phi) is 3.66. The Morgan fingerprint density at radius 1 is 1.35 bits per heavy atom. The summed E-state index contributed by atoms with van der Waals surface area (Å²) in [7, 11) is 1.28. The van der Waals surface area contributed by atoms with Gasteiger partial charge in [-0.3, -0.25) is 4.90 Å². The molecule has 0 radical (unpaired) electrons. The molecule has 98 valence electrons.